The number of ether oxygens (including phenoxy) is 1. The number of carbonyl (C=O) groups excluding carboxylic acids is 1. The summed E-state index contributed by atoms with van der Waals surface area (Å²) in [6, 6.07) is 0. The highest BCUT2D eigenvalue weighted by Crippen LogP contribution is 2.15. The van der Waals surface area contributed by atoms with Crippen LogP contribution in [-0.2, 0) is 9.53 Å². The van der Waals surface area contributed by atoms with Crippen molar-refractivity contribution in [3.05, 3.63) is 12.2 Å². The maximum atomic E-state index is 12.1. The highest BCUT2D eigenvalue weighted by Gasteiger charge is 2.08. The summed E-state index contributed by atoms with van der Waals surface area (Å²) in [6.07, 6.45) is 35.7. The molecule has 0 radical (unpaired) electrons. The molecule has 0 spiro atoms. The molecule has 35 heavy (non-hydrogen) atoms. The molecule has 0 aromatic rings. The molecule has 0 saturated carbocycles. The molecule has 0 heterocycles. The van der Waals surface area contributed by atoms with Crippen LogP contribution in [0.1, 0.15) is 187 Å². The van der Waals surface area contributed by atoms with E-state index in [0.717, 1.165) is 19.3 Å². The molecule has 0 fully saturated rings. The molecule has 0 N–H and O–H groups in total. The van der Waals surface area contributed by atoms with Gasteiger partial charge in [-0.25, -0.2) is 4.79 Å². The Balaban J connectivity index is 3.29. The Morgan fingerprint density at radius 3 is 1.09 bits per heavy atom. The molecule has 0 unspecified atom stereocenters. The normalized spacial score (nSPS) is 11.1. The summed E-state index contributed by atoms with van der Waals surface area (Å²) in [5, 5.41) is 0. The molecule has 208 valence electrons. The van der Waals surface area contributed by atoms with E-state index in [1.54, 1.807) is 0 Å². The van der Waals surface area contributed by atoms with Gasteiger partial charge in [0.15, 0.2) is 0 Å². The van der Waals surface area contributed by atoms with E-state index in [1.165, 1.54) is 154 Å². The fourth-order valence-corrected chi connectivity index (χ4v) is 4.84. The van der Waals surface area contributed by atoms with Crippen molar-refractivity contribution in [1.29, 1.82) is 0 Å². The fraction of sp³-hybridized carbons (Fsp3) is 0.909. The Labute approximate surface area is 221 Å². The smallest absolute Gasteiger partial charge is 0.333 e. The van der Waals surface area contributed by atoms with Gasteiger partial charge in [-0.15, -0.1) is 0 Å². The maximum absolute atomic E-state index is 12.1. The predicted molar refractivity (Wildman–Crippen MR) is 156 cm³/mol. The summed E-state index contributed by atoms with van der Waals surface area (Å²) in [4.78, 5) is 12.1. The number of unbranched alkanes of at least 4 members (excludes halogenated alkanes) is 24. The average molecular weight is 493 g/mol. The minimum absolute atomic E-state index is 0.164. The van der Waals surface area contributed by atoms with E-state index < -0.39 is 0 Å². The van der Waals surface area contributed by atoms with E-state index in [9.17, 15) is 4.79 Å². The highest BCUT2D eigenvalue weighted by atomic mass is 16.5. The molecule has 0 bridgehead atoms. The molecule has 0 aliphatic carbocycles. The molecular weight excluding hydrogens is 428 g/mol. The Morgan fingerprint density at radius 1 is 0.457 bits per heavy atom. The van der Waals surface area contributed by atoms with Crippen LogP contribution in [0.25, 0.3) is 0 Å². The maximum Gasteiger partial charge on any atom is 0.333 e. The molecule has 0 aromatic heterocycles. The molecule has 2 heteroatoms. The first-order valence-electron chi connectivity index (χ1n) is 16.1. The lowest BCUT2D eigenvalue weighted by Crippen LogP contribution is -2.08. The van der Waals surface area contributed by atoms with Crippen molar-refractivity contribution in [1.82, 2.24) is 0 Å². The molecule has 0 rings (SSSR count). The summed E-state index contributed by atoms with van der Waals surface area (Å²) in [7, 11) is 0. The van der Waals surface area contributed by atoms with E-state index in [1.807, 2.05) is 0 Å². The van der Waals surface area contributed by atoms with Crippen LogP contribution in [0.2, 0.25) is 0 Å². The average Bonchev–Trinajstić information content (AvgIpc) is 2.86. The van der Waals surface area contributed by atoms with Gasteiger partial charge in [0, 0.05) is 5.57 Å². The zero-order valence-corrected chi connectivity index (χ0v) is 24.3. The van der Waals surface area contributed by atoms with E-state index in [4.69, 9.17) is 4.74 Å². The van der Waals surface area contributed by atoms with Gasteiger partial charge < -0.3 is 4.74 Å². The molecule has 0 atom stereocenters. The Hall–Kier alpha value is -0.790. The molecule has 0 amide bonds. The molecule has 2 nitrogen and oxygen atoms in total. The van der Waals surface area contributed by atoms with Gasteiger partial charge in [-0.1, -0.05) is 175 Å². The fourth-order valence-electron chi connectivity index (χ4n) is 4.84. The number of hydrogen-bond acceptors (Lipinski definition) is 2. The summed E-state index contributed by atoms with van der Waals surface area (Å²) in [5.41, 5.74) is 0.669. The SMILES string of the molecule is C=C(CCCCCCCCCCCCCC)C(=O)OCCCCCCCCCCCCCCCC. The Kier molecular flexibility index (Phi) is 28.8. The van der Waals surface area contributed by atoms with Gasteiger partial charge in [-0.05, 0) is 19.3 Å². The minimum atomic E-state index is -0.164. The molecule has 0 aliphatic rings. The molecule has 0 aromatic carbocycles. The second-order valence-electron chi connectivity index (χ2n) is 11.0. The van der Waals surface area contributed by atoms with Gasteiger partial charge >= 0.3 is 5.97 Å². The summed E-state index contributed by atoms with van der Waals surface area (Å²) >= 11 is 0. The highest BCUT2D eigenvalue weighted by molar-refractivity contribution is 5.87. The van der Waals surface area contributed by atoms with Crippen molar-refractivity contribution in [2.24, 2.45) is 0 Å². The van der Waals surface area contributed by atoms with Gasteiger partial charge in [-0.3, -0.25) is 0 Å². The lowest BCUT2D eigenvalue weighted by atomic mass is 10.0. The zero-order valence-electron chi connectivity index (χ0n) is 24.3. The van der Waals surface area contributed by atoms with Crippen LogP contribution >= 0.6 is 0 Å². The first kappa shape index (κ1) is 34.2. The van der Waals surface area contributed by atoms with Gasteiger partial charge in [0.1, 0.15) is 0 Å². The van der Waals surface area contributed by atoms with E-state index >= 15 is 0 Å². The van der Waals surface area contributed by atoms with Crippen molar-refractivity contribution < 1.29 is 9.53 Å². The monoisotopic (exact) mass is 492 g/mol. The van der Waals surface area contributed by atoms with Crippen molar-refractivity contribution in [2.75, 3.05) is 6.61 Å². The third-order valence-electron chi connectivity index (χ3n) is 7.35. The van der Waals surface area contributed by atoms with Crippen LogP contribution in [0.5, 0.6) is 0 Å². The lowest BCUT2D eigenvalue weighted by Gasteiger charge is -2.07. The first-order valence-corrected chi connectivity index (χ1v) is 16.1. The van der Waals surface area contributed by atoms with E-state index in [0.29, 0.717) is 12.2 Å². The summed E-state index contributed by atoms with van der Waals surface area (Å²) in [6.45, 7) is 9.08. The van der Waals surface area contributed by atoms with Crippen LogP contribution in [0.4, 0.5) is 0 Å². The second kappa shape index (κ2) is 29.4. The van der Waals surface area contributed by atoms with Crippen molar-refractivity contribution in [2.45, 2.75) is 187 Å². The largest absolute Gasteiger partial charge is 0.462 e. The number of esters is 1. The minimum Gasteiger partial charge on any atom is -0.462 e. The quantitative estimate of drug-likeness (QED) is 0.0589. The van der Waals surface area contributed by atoms with Gasteiger partial charge in [0.2, 0.25) is 0 Å². The summed E-state index contributed by atoms with van der Waals surface area (Å²) in [5.74, 6) is -0.164. The third kappa shape index (κ3) is 27.6. The van der Waals surface area contributed by atoms with Gasteiger partial charge in [0.05, 0.1) is 6.61 Å². The first-order chi connectivity index (χ1) is 17.2. The predicted octanol–water partition coefficient (Wildman–Crippen LogP) is 11.7. The number of rotatable bonds is 29. The standard InChI is InChI=1S/C33H64O2/c1-4-6-8-10-12-14-16-18-19-21-23-25-27-29-31-35-33(34)32(3)30-28-26-24-22-20-17-15-13-11-9-7-5-2/h3-31H2,1-2H3. The lowest BCUT2D eigenvalue weighted by molar-refractivity contribution is -0.139. The third-order valence-corrected chi connectivity index (χ3v) is 7.35. The van der Waals surface area contributed by atoms with Crippen molar-refractivity contribution in [3.8, 4) is 0 Å². The summed E-state index contributed by atoms with van der Waals surface area (Å²) < 4.78 is 5.43. The zero-order chi connectivity index (χ0) is 25.7. The Bertz CT molecular complexity index is 442. The van der Waals surface area contributed by atoms with Gasteiger partial charge in [0.25, 0.3) is 0 Å². The van der Waals surface area contributed by atoms with Gasteiger partial charge in [-0.2, -0.15) is 0 Å². The molecule has 0 aliphatic heterocycles. The number of hydrogen-bond donors (Lipinski definition) is 0. The van der Waals surface area contributed by atoms with Crippen LogP contribution < -0.4 is 0 Å². The van der Waals surface area contributed by atoms with Crippen molar-refractivity contribution >= 4 is 5.97 Å². The van der Waals surface area contributed by atoms with Crippen molar-refractivity contribution in [3.63, 3.8) is 0 Å². The Morgan fingerprint density at radius 2 is 0.743 bits per heavy atom. The van der Waals surface area contributed by atoms with Crippen LogP contribution in [-0.4, -0.2) is 12.6 Å². The van der Waals surface area contributed by atoms with Crippen LogP contribution in [0.3, 0.4) is 0 Å². The second-order valence-corrected chi connectivity index (χ2v) is 11.0. The topological polar surface area (TPSA) is 26.3 Å². The van der Waals surface area contributed by atoms with Crippen LogP contribution in [0.15, 0.2) is 12.2 Å². The van der Waals surface area contributed by atoms with Crippen LogP contribution in [0, 0.1) is 0 Å². The number of carbonyl (C=O) groups is 1. The van der Waals surface area contributed by atoms with E-state index in [2.05, 4.69) is 20.4 Å². The van der Waals surface area contributed by atoms with E-state index in [-0.39, 0.29) is 5.97 Å². The molecular formula is C33H64O2. The molecule has 0 saturated heterocycles.